The highest BCUT2D eigenvalue weighted by molar-refractivity contribution is 5.93. The molecule has 0 saturated heterocycles. The number of nitriles is 1. The third-order valence-corrected chi connectivity index (χ3v) is 7.49. The number of aromatic amines is 1. The van der Waals surface area contributed by atoms with E-state index in [2.05, 4.69) is 21.3 Å². The number of methoxy groups -OCH3 is 1. The molecule has 2 aromatic carbocycles. The highest BCUT2D eigenvalue weighted by Crippen LogP contribution is 2.44. The molecule has 0 radical (unpaired) electrons. The number of hydrogen-bond donors (Lipinski definition) is 1. The summed E-state index contributed by atoms with van der Waals surface area (Å²) in [7, 11) is 7.05. The molecule has 0 amide bonds. The van der Waals surface area contributed by atoms with Crippen molar-refractivity contribution in [2.24, 2.45) is 7.05 Å². The largest absolute Gasteiger partial charge is 0.466 e. The fourth-order valence-electron chi connectivity index (χ4n) is 5.66. The van der Waals surface area contributed by atoms with Gasteiger partial charge in [-0.3, -0.25) is 4.90 Å². The van der Waals surface area contributed by atoms with E-state index in [0.29, 0.717) is 34.3 Å². The number of imidazole rings is 1. The molecule has 1 atom stereocenters. The Morgan fingerprint density at radius 3 is 2.57 bits per heavy atom. The van der Waals surface area contributed by atoms with Gasteiger partial charge in [0.05, 0.1) is 50.3 Å². The molecule has 5 rings (SSSR count). The van der Waals surface area contributed by atoms with Crippen LogP contribution in [0.3, 0.4) is 0 Å². The number of carbonyl (C=O) groups is 1. The number of halogens is 3. The Kier molecular flexibility index (Phi) is 7.69. The van der Waals surface area contributed by atoms with Crippen LogP contribution in [0.15, 0.2) is 71.1 Å². The van der Waals surface area contributed by atoms with Gasteiger partial charge < -0.3 is 13.8 Å². The van der Waals surface area contributed by atoms with Gasteiger partial charge in [0, 0.05) is 30.2 Å². The first-order chi connectivity index (χ1) is 20.7. The van der Waals surface area contributed by atoms with Crippen molar-refractivity contribution in [1.29, 1.82) is 5.26 Å². The number of anilines is 2. The van der Waals surface area contributed by atoms with Crippen LogP contribution in [0.2, 0.25) is 0 Å². The van der Waals surface area contributed by atoms with Crippen LogP contribution < -0.4 is 10.6 Å². The minimum atomic E-state index is -4.62. The Morgan fingerprint density at radius 2 is 1.93 bits per heavy atom. The second-order valence-corrected chi connectivity index (χ2v) is 11.3. The van der Waals surface area contributed by atoms with E-state index < -0.39 is 29.4 Å². The number of hydrogen-bond acceptors (Lipinski definition) is 7. The van der Waals surface area contributed by atoms with E-state index in [1.165, 1.54) is 28.7 Å². The molecule has 14 heteroatoms. The van der Waals surface area contributed by atoms with Gasteiger partial charge >= 0.3 is 17.8 Å². The summed E-state index contributed by atoms with van der Waals surface area (Å²) in [4.78, 5) is 32.6. The van der Waals surface area contributed by atoms with Crippen LogP contribution in [0.1, 0.15) is 40.9 Å². The summed E-state index contributed by atoms with van der Waals surface area (Å²) in [6.45, 7) is 2.48. The summed E-state index contributed by atoms with van der Waals surface area (Å²) in [6.07, 6.45) is -1.01. The summed E-state index contributed by atoms with van der Waals surface area (Å²) in [5, 5.41) is 16.3. The van der Waals surface area contributed by atoms with Crippen LogP contribution in [-0.4, -0.2) is 56.0 Å². The Balaban J connectivity index is 1.71. The van der Waals surface area contributed by atoms with E-state index in [1.54, 1.807) is 31.5 Å². The van der Waals surface area contributed by atoms with Gasteiger partial charge in [-0.05, 0) is 42.8 Å². The van der Waals surface area contributed by atoms with Crippen LogP contribution >= 0.6 is 0 Å². The molecule has 0 saturated carbocycles. The van der Waals surface area contributed by atoms with Gasteiger partial charge in [0.2, 0.25) is 5.95 Å². The van der Waals surface area contributed by atoms with E-state index in [0.717, 1.165) is 17.8 Å². The summed E-state index contributed by atoms with van der Waals surface area (Å²) < 4.78 is 49.6. The minimum Gasteiger partial charge on any atom is -0.466 e. The molecular formula is C30H30F3N8O3+. The van der Waals surface area contributed by atoms with Gasteiger partial charge in [-0.25, -0.2) is 24.2 Å². The van der Waals surface area contributed by atoms with E-state index >= 15 is 0 Å². The summed E-state index contributed by atoms with van der Waals surface area (Å²) >= 11 is 0. The highest BCUT2D eigenvalue weighted by atomic mass is 19.4. The third-order valence-electron chi connectivity index (χ3n) is 7.49. The number of quaternary nitrogens is 1. The first-order valence-electron chi connectivity index (χ1n) is 13.5. The SMILES string of the molecule is COC(=O)C1=C(C)N(c2cccc(C(F)(F)F)c2)c2n[nH]c(=O)n2[C@@H]1c1ccc(C#N)cc1C[N+](C)(C)Cc1cn(C)cn1. The third kappa shape index (κ3) is 5.61. The number of fused-ring (bicyclic) bond motifs is 1. The van der Waals surface area contributed by atoms with Crippen molar-refractivity contribution in [2.75, 3.05) is 26.1 Å². The number of carbonyl (C=O) groups excluding carboxylic acids is 1. The molecule has 0 spiro atoms. The molecular weight excluding hydrogens is 577 g/mol. The van der Waals surface area contributed by atoms with Gasteiger partial charge in [-0.15, -0.1) is 5.10 Å². The number of esters is 1. The molecule has 1 aliphatic rings. The maximum absolute atomic E-state index is 13.6. The van der Waals surface area contributed by atoms with Gasteiger partial charge in [0.25, 0.3) is 0 Å². The number of nitrogens with one attached hydrogen (secondary N) is 1. The molecule has 44 heavy (non-hydrogen) atoms. The topological polar surface area (TPSA) is 122 Å². The molecule has 1 N–H and O–H groups in total. The first-order valence-corrected chi connectivity index (χ1v) is 13.5. The quantitative estimate of drug-likeness (QED) is 0.247. The molecule has 1 aliphatic heterocycles. The number of nitrogens with zero attached hydrogens (tertiary/aromatic N) is 7. The number of benzene rings is 2. The Morgan fingerprint density at radius 1 is 1.18 bits per heavy atom. The summed E-state index contributed by atoms with van der Waals surface area (Å²) in [5.41, 5.74) is 1.15. The normalized spacial score (nSPS) is 15.2. The van der Waals surface area contributed by atoms with Crippen molar-refractivity contribution in [2.45, 2.75) is 32.2 Å². The van der Waals surface area contributed by atoms with Gasteiger partial charge in [0.1, 0.15) is 24.8 Å². The van der Waals surface area contributed by atoms with E-state index in [4.69, 9.17) is 4.74 Å². The predicted octanol–water partition coefficient (Wildman–Crippen LogP) is 4.16. The van der Waals surface area contributed by atoms with Gasteiger partial charge in [0.15, 0.2) is 0 Å². The predicted molar refractivity (Wildman–Crippen MR) is 153 cm³/mol. The number of H-pyrrole nitrogens is 1. The molecule has 11 nitrogen and oxygen atoms in total. The van der Waals surface area contributed by atoms with Crippen molar-refractivity contribution < 1.29 is 27.2 Å². The first kappa shape index (κ1) is 30.3. The lowest BCUT2D eigenvalue weighted by Gasteiger charge is -2.37. The molecule has 0 aliphatic carbocycles. The fraction of sp³-hybridized carbons (Fsp3) is 0.300. The van der Waals surface area contributed by atoms with Crippen molar-refractivity contribution >= 4 is 17.6 Å². The van der Waals surface area contributed by atoms with E-state index in [-0.39, 0.29) is 22.9 Å². The average Bonchev–Trinajstić information content (AvgIpc) is 3.55. The molecule has 0 fully saturated rings. The molecule has 0 unspecified atom stereocenters. The number of aryl methyl sites for hydroxylation is 1. The van der Waals surface area contributed by atoms with Crippen molar-refractivity contribution in [3.8, 4) is 6.07 Å². The number of ether oxygens (including phenoxy) is 1. The highest BCUT2D eigenvalue weighted by Gasteiger charge is 2.41. The van der Waals surface area contributed by atoms with Crippen LogP contribution in [-0.2, 0) is 35.8 Å². The standard InChI is InChI=1S/C30H29F3N8O3/c1-18-25(27(42)44-5)26(40-28(36-37-29(40)43)39(18)23-8-6-7-21(12-23)30(31,32)33)24-10-9-19(13-34)11-20(24)15-41(3,4)16-22-14-38(2)17-35-22/h6-12,14,17,26H,15-16H2,1-5H3/p+1/t26-/m1/s1. The zero-order valence-corrected chi connectivity index (χ0v) is 24.7. The van der Waals surface area contributed by atoms with Crippen LogP contribution in [0.4, 0.5) is 24.8 Å². The number of rotatable bonds is 7. The number of allylic oxidation sites excluding steroid dienone is 1. The van der Waals surface area contributed by atoms with Gasteiger partial charge in [-0.2, -0.15) is 18.4 Å². The molecule has 3 heterocycles. The summed E-state index contributed by atoms with van der Waals surface area (Å²) in [6, 6.07) is 10.6. The molecule has 0 bridgehead atoms. The van der Waals surface area contributed by atoms with E-state index in [1.807, 2.05) is 31.9 Å². The maximum atomic E-state index is 13.6. The van der Waals surface area contributed by atoms with Crippen molar-refractivity contribution in [3.05, 3.63) is 105 Å². The molecule has 2 aromatic heterocycles. The lowest BCUT2D eigenvalue weighted by Crippen LogP contribution is -2.40. The Hall–Kier alpha value is -5.16. The zero-order chi connectivity index (χ0) is 32.0. The Labute approximate surface area is 250 Å². The maximum Gasteiger partial charge on any atom is 0.416 e. The second-order valence-electron chi connectivity index (χ2n) is 11.3. The lowest BCUT2D eigenvalue weighted by molar-refractivity contribution is -0.917. The zero-order valence-electron chi connectivity index (χ0n) is 24.7. The monoisotopic (exact) mass is 607 g/mol. The molecule has 4 aromatic rings. The lowest BCUT2D eigenvalue weighted by atomic mass is 9.89. The van der Waals surface area contributed by atoms with Crippen LogP contribution in [0.25, 0.3) is 0 Å². The van der Waals surface area contributed by atoms with Crippen LogP contribution in [0, 0.1) is 11.3 Å². The van der Waals surface area contributed by atoms with E-state index in [9.17, 15) is 28.0 Å². The van der Waals surface area contributed by atoms with Crippen LogP contribution in [0.5, 0.6) is 0 Å². The van der Waals surface area contributed by atoms with Crippen molar-refractivity contribution in [3.63, 3.8) is 0 Å². The van der Waals surface area contributed by atoms with Crippen molar-refractivity contribution in [1.82, 2.24) is 24.3 Å². The molecule has 228 valence electrons. The summed E-state index contributed by atoms with van der Waals surface area (Å²) in [5.74, 6) is -0.789. The Bertz CT molecular complexity index is 1880. The average molecular weight is 608 g/mol. The number of aromatic nitrogens is 5. The number of alkyl halides is 3. The van der Waals surface area contributed by atoms with Gasteiger partial charge in [-0.1, -0.05) is 12.1 Å². The smallest absolute Gasteiger partial charge is 0.416 e. The minimum absolute atomic E-state index is 0.0120. The fourth-order valence-corrected chi connectivity index (χ4v) is 5.66. The second kappa shape index (κ2) is 11.2.